The van der Waals surface area contributed by atoms with E-state index in [1.807, 2.05) is 12.2 Å². The van der Waals surface area contributed by atoms with Gasteiger partial charge in [0.05, 0.1) is 73.2 Å². The van der Waals surface area contributed by atoms with Crippen LogP contribution in [0.3, 0.4) is 0 Å². The molecule has 0 aliphatic carbocycles. The van der Waals surface area contributed by atoms with Crippen molar-refractivity contribution in [1.82, 2.24) is 0 Å². The zero-order chi connectivity index (χ0) is 89.0. The number of carbonyl (C=O) groups excluding carboxylic acids is 2. The molecule has 5 aliphatic heterocycles. The molecule has 0 aromatic heterocycles. The molecule has 5 aliphatic rings. The van der Waals surface area contributed by atoms with E-state index in [2.05, 4.69) is 332 Å². The zero-order valence-corrected chi connectivity index (χ0v) is 85.3. The van der Waals surface area contributed by atoms with Gasteiger partial charge in [-0.15, -0.1) is 6.58 Å². The Hall–Kier alpha value is -4.42. The molecule has 20 heteroatoms. The molecule has 0 bridgehead atoms. The first-order valence-electron chi connectivity index (χ1n) is 45.2. The molecule has 666 valence electrons. The molecule has 9 rings (SSSR count). The van der Waals surface area contributed by atoms with E-state index in [-0.39, 0.29) is 78.7 Å². The minimum absolute atomic E-state index is 0.00777. The van der Waals surface area contributed by atoms with Gasteiger partial charge in [0.1, 0.15) is 24.4 Å². The van der Waals surface area contributed by atoms with Crippen molar-refractivity contribution in [3.05, 3.63) is 183 Å². The molecule has 18 atom stereocenters. The molecular weight excluding hydrogens is 1590 g/mol. The standard InChI is InChI=1S/C100H158O14Si6/c1-33-35-56-82-92(112-116(27,28)96(10,11)12)94(114-118(31,32)98(16,17)18)93(113-117(29,30)97(13,14)15)91(108-82)83(110-115(25,26)95(7,8)9)61-58-73(101)57-59-74-66-70(4)80(104-74)62-60-75-65-69(3)71(5)84(105-75)67-86-90(109-88(102)34-2)72(6)89-87(106-86)68-85(111-120(100(22,23)24,78-52-44-38-45-53-78)79-54-46-39-47-55-79)81(107-89)63-64-103-119(99(19,20)21,76-48-40-36-41-49-76)77-50-42-37-43-51-77/h33-34,36-55,58,61,69,72,74-75,80-87,89-94H,1-2,4-5,35,56-57,59-60,62-68H2,3,6-32H3/b61-58+/t69-,72+,74+,75+,80+,81-,82+,83?,84?,85?,86+,87?,89+,90?,91?,92+,93-,94+/m1/s1. The lowest BCUT2D eigenvalue weighted by molar-refractivity contribution is -0.270. The highest BCUT2D eigenvalue weighted by atomic mass is 28.4. The van der Waals surface area contributed by atoms with Crippen LogP contribution in [0.4, 0.5) is 0 Å². The number of ketones is 1. The first-order valence-corrected chi connectivity index (χ1v) is 60.6. The summed E-state index contributed by atoms with van der Waals surface area (Å²) in [6.07, 6.45) is 6.37. The average Bonchev–Trinajstić information content (AvgIpc) is 0.741. The van der Waals surface area contributed by atoms with Gasteiger partial charge < -0.3 is 55.0 Å². The minimum Gasteiger partial charge on any atom is -0.456 e. The second kappa shape index (κ2) is 39.4. The van der Waals surface area contributed by atoms with Gasteiger partial charge >= 0.3 is 5.97 Å². The summed E-state index contributed by atoms with van der Waals surface area (Å²) in [7, 11) is -16.4. The van der Waals surface area contributed by atoms with Crippen LogP contribution in [-0.4, -0.2) is 166 Å². The van der Waals surface area contributed by atoms with E-state index < -0.39 is 129 Å². The summed E-state index contributed by atoms with van der Waals surface area (Å²) in [6, 6.07) is 43.3. The molecule has 0 N–H and O–H groups in total. The Morgan fingerprint density at radius 2 is 0.958 bits per heavy atom. The van der Waals surface area contributed by atoms with Crippen molar-refractivity contribution >= 4 is 82.4 Å². The van der Waals surface area contributed by atoms with Crippen LogP contribution in [0, 0.1) is 11.8 Å². The van der Waals surface area contributed by atoms with Crippen LogP contribution in [0.2, 0.25) is 82.6 Å². The Morgan fingerprint density at radius 1 is 0.483 bits per heavy atom. The summed E-state index contributed by atoms with van der Waals surface area (Å²) in [4.78, 5) is 28.5. The topological polar surface area (TPSA) is 145 Å². The van der Waals surface area contributed by atoms with Crippen molar-refractivity contribution in [2.75, 3.05) is 6.61 Å². The van der Waals surface area contributed by atoms with Crippen LogP contribution in [0.5, 0.6) is 0 Å². The van der Waals surface area contributed by atoms with Crippen molar-refractivity contribution in [2.45, 2.75) is 389 Å². The molecule has 0 radical (unpaired) electrons. The van der Waals surface area contributed by atoms with Crippen LogP contribution in [0.15, 0.2) is 183 Å². The predicted octanol–water partition coefficient (Wildman–Crippen LogP) is 22.0. The maximum atomic E-state index is 14.7. The molecule has 120 heavy (non-hydrogen) atoms. The van der Waals surface area contributed by atoms with Gasteiger partial charge in [-0.25, -0.2) is 4.79 Å². The number of carbonyl (C=O) groups is 2. The lowest BCUT2D eigenvalue weighted by atomic mass is 9.79. The van der Waals surface area contributed by atoms with Gasteiger partial charge in [0.15, 0.2) is 39.1 Å². The SMILES string of the molecule is C=CCC[C@@H]1OC(C(/C=C/C(=O)CC[C@H]2CC(=C)[C@H](CC[C@H]3C[C@@H](C)C(=C)C(C[C@@H]4OC5CC(O[Si](c6ccccc6)(c6ccccc6)C(C)(C)C)[C@@H](CCO[Si](c6ccccc6)(c6ccccc6)C(C)(C)C)O[C@H]5[C@H](C)C4OC(=O)C=C)O3)O2)O[Si](C)(C)C(C)(C)C)[C@@H](O[Si](C)(C)C(C)(C)C)[C@@H](O[Si](C)(C)C(C)(C)C)[C@H]1O[Si](C)(C)C(C)(C)C. The van der Waals surface area contributed by atoms with Crippen molar-refractivity contribution in [2.24, 2.45) is 11.8 Å². The highest BCUT2D eigenvalue weighted by molar-refractivity contribution is 7.00. The molecular formula is C100H158O14Si6. The van der Waals surface area contributed by atoms with Crippen molar-refractivity contribution < 1.29 is 64.6 Å². The van der Waals surface area contributed by atoms with Crippen LogP contribution < -0.4 is 20.7 Å². The van der Waals surface area contributed by atoms with Gasteiger partial charge in [-0.1, -0.05) is 292 Å². The quantitative estimate of drug-likeness (QED) is 0.0189. The summed E-state index contributed by atoms with van der Waals surface area (Å²) in [5.41, 5.74) is 2.02. The molecule has 14 nitrogen and oxygen atoms in total. The van der Waals surface area contributed by atoms with E-state index in [1.165, 1.54) is 26.8 Å². The van der Waals surface area contributed by atoms with Gasteiger partial charge in [0, 0.05) is 37.9 Å². The lowest BCUT2D eigenvalue weighted by Gasteiger charge is -2.56. The highest BCUT2D eigenvalue weighted by Crippen LogP contribution is 2.51. The summed E-state index contributed by atoms with van der Waals surface area (Å²) in [5.74, 6) is -0.705. The number of ether oxygens (including phenoxy) is 6. The Morgan fingerprint density at radius 3 is 1.43 bits per heavy atom. The maximum absolute atomic E-state index is 14.7. The smallest absolute Gasteiger partial charge is 0.330 e. The Kier molecular flexibility index (Phi) is 32.7. The zero-order valence-electron chi connectivity index (χ0n) is 79.3. The van der Waals surface area contributed by atoms with Crippen LogP contribution in [0.1, 0.15) is 209 Å². The van der Waals surface area contributed by atoms with Crippen molar-refractivity contribution in [1.29, 1.82) is 0 Å². The van der Waals surface area contributed by atoms with Gasteiger partial charge in [-0.05, 0) is 178 Å². The summed E-state index contributed by atoms with van der Waals surface area (Å²) >= 11 is 0. The number of fused-ring (bicyclic) bond motifs is 1. The molecule has 6 unspecified atom stereocenters. The fourth-order valence-corrected chi connectivity index (χ4v) is 32.2. The Labute approximate surface area is 733 Å². The monoisotopic (exact) mass is 1750 g/mol. The Bertz CT molecular complexity index is 3970. The van der Waals surface area contributed by atoms with Gasteiger partial charge in [0.2, 0.25) is 0 Å². The van der Waals surface area contributed by atoms with E-state index in [0.717, 1.165) is 30.4 Å². The molecule has 4 aromatic rings. The molecule has 5 heterocycles. The van der Waals surface area contributed by atoms with E-state index in [4.69, 9.17) is 61.6 Å². The third kappa shape index (κ3) is 22.9. The number of esters is 1. The van der Waals surface area contributed by atoms with E-state index in [0.29, 0.717) is 51.6 Å². The number of hydrogen-bond acceptors (Lipinski definition) is 14. The first-order chi connectivity index (χ1) is 55.6. The third-order valence-electron chi connectivity index (χ3n) is 28.9. The average molecular weight is 1750 g/mol. The van der Waals surface area contributed by atoms with Crippen LogP contribution >= 0.6 is 0 Å². The number of hydrogen-bond donors (Lipinski definition) is 0. The highest BCUT2D eigenvalue weighted by Gasteiger charge is 2.61. The third-order valence-corrected chi connectivity index (χ3v) is 56.9. The largest absolute Gasteiger partial charge is 0.456 e. The van der Waals surface area contributed by atoms with Gasteiger partial charge in [0.25, 0.3) is 16.6 Å². The molecule has 4 aromatic carbocycles. The fraction of sp³-hybridized carbons (Fsp3) is 0.640. The van der Waals surface area contributed by atoms with Crippen LogP contribution in [-0.2, 0) is 64.6 Å². The van der Waals surface area contributed by atoms with Gasteiger partial charge in [-0.2, -0.15) is 0 Å². The summed E-state index contributed by atoms with van der Waals surface area (Å²) < 4.78 is 90.3. The molecule has 5 saturated heterocycles. The van der Waals surface area contributed by atoms with Crippen LogP contribution in [0.25, 0.3) is 0 Å². The number of allylic oxidation sites excluding steroid dienone is 2. The first kappa shape index (κ1) is 99.4. The predicted molar refractivity (Wildman–Crippen MR) is 509 cm³/mol. The summed E-state index contributed by atoms with van der Waals surface area (Å²) in [5, 5.41) is 3.67. The minimum atomic E-state index is -3.20. The normalized spacial score (nSPS) is 27.8. The molecule has 0 spiro atoms. The molecule has 0 amide bonds. The molecule has 5 fully saturated rings. The lowest BCUT2D eigenvalue weighted by Crippen LogP contribution is -2.70. The van der Waals surface area contributed by atoms with E-state index >= 15 is 0 Å². The molecule has 0 saturated carbocycles. The van der Waals surface area contributed by atoms with E-state index in [1.54, 1.807) is 6.08 Å². The second-order valence-electron chi connectivity index (χ2n) is 43.8. The van der Waals surface area contributed by atoms with Gasteiger partial charge in [-0.3, -0.25) is 4.79 Å². The second-order valence-corrected chi connectivity index (χ2v) is 71.4. The Balaban J connectivity index is 0.941. The number of rotatable bonds is 34. The van der Waals surface area contributed by atoms with Crippen molar-refractivity contribution in [3.63, 3.8) is 0 Å². The maximum Gasteiger partial charge on any atom is 0.330 e. The van der Waals surface area contributed by atoms with E-state index in [9.17, 15) is 9.59 Å². The number of benzene rings is 4. The van der Waals surface area contributed by atoms with Crippen molar-refractivity contribution in [3.8, 4) is 0 Å². The summed E-state index contributed by atoms with van der Waals surface area (Å²) in [6.45, 7) is 82.0. The fourth-order valence-electron chi connectivity index (χ4n) is 17.7.